The number of carbonyl (C=O) groups is 1. The summed E-state index contributed by atoms with van der Waals surface area (Å²) in [5.74, 6) is 0. The lowest BCUT2D eigenvalue weighted by molar-refractivity contribution is 0.187. The summed E-state index contributed by atoms with van der Waals surface area (Å²) >= 11 is 0. The molecule has 0 saturated carbocycles. The maximum absolute atomic E-state index is 11.5. The summed E-state index contributed by atoms with van der Waals surface area (Å²) in [6.45, 7) is 8.05. The van der Waals surface area contributed by atoms with Gasteiger partial charge in [0.05, 0.1) is 0 Å². The summed E-state index contributed by atoms with van der Waals surface area (Å²) in [4.78, 5) is 13.4. The van der Waals surface area contributed by atoms with Crippen molar-refractivity contribution < 1.29 is 4.79 Å². The predicted octanol–water partition coefficient (Wildman–Crippen LogP) is 1.76. The fourth-order valence-electron chi connectivity index (χ4n) is 1.44. The van der Waals surface area contributed by atoms with E-state index in [1.165, 1.54) is 6.42 Å². The monoisotopic (exact) mass is 182 g/mol. The van der Waals surface area contributed by atoms with E-state index in [1.807, 2.05) is 11.8 Å². The quantitative estimate of drug-likeness (QED) is 0.648. The molecule has 0 aromatic carbocycles. The molecule has 3 heteroatoms. The molecule has 1 heterocycles. The number of piperidine rings is 1. The predicted molar refractivity (Wildman–Crippen MR) is 53.6 cm³/mol. The zero-order valence-electron chi connectivity index (χ0n) is 8.31. The van der Waals surface area contributed by atoms with Crippen LogP contribution in [0, 0.1) is 0 Å². The van der Waals surface area contributed by atoms with Crippen LogP contribution in [0.25, 0.3) is 0 Å². The van der Waals surface area contributed by atoms with Crippen LogP contribution in [0.2, 0.25) is 0 Å². The van der Waals surface area contributed by atoms with Crippen molar-refractivity contribution in [1.29, 1.82) is 0 Å². The summed E-state index contributed by atoms with van der Waals surface area (Å²) < 4.78 is 0. The summed E-state index contributed by atoms with van der Waals surface area (Å²) in [5.41, 5.74) is 0.991. The second-order valence-corrected chi connectivity index (χ2v) is 3.66. The molecule has 0 unspecified atom stereocenters. The topological polar surface area (TPSA) is 32.3 Å². The second kappa shape index (κ2) is 4.90. The Morgan fingerprint density at radius 3 is 2.54 bits per heavy atom. The van der Waals surface area contributed by atoms with Gasteiger partial charge >= 0.3 is 6.03 Å². The molecular weight excluding hydrogens is 164 g/mol. The molecular formula is C10H18N2O. The number of amides is 2. The Hall–Kier alpha value is -0.990. The van der Waals surface area contributed by atoms with E-state index in [0.717, 1.165) is 31.5 Å². The Balaban J connectivity index is 2.25. The van der Waals surface area contributed by atoms with Gasteiger partial charge in [-0.2, -0.15) is 0 Å². The van der Waals surface area contributed by atoms with Crippen molar-refractivity contribution in [1.82, 2.24) is 10.2 Å². The first-order chi connectivity index (χ1) is 6.20. The zero-order valence-corrected chi connectivity index (χ0v) is 8.31. The van der Waals surface area contributed by atoms with Crippen molar-refractivity contribution >= 4 is 6.03 Å². The summed E-state index contributed by atoms with van der Waals surface area (Å²) in [7, 11) is 0. The average Bonchev–Trinajstić information content (AvgIpc) is 2.15. The number of likely N-dealkylation sites (tertiary alicyclic amines) is 1. The maximum Gasteiger partial charge on any atom is 0.317 e. The molecule has 13 heavy (non-hydrogen) atoms. The highest BCUT2D eigenvalue weighted by molar-refractivity contribution is 5.74. The van der Waals surface area contributed by atoms with Gasteiger partial charge in [0.25, 0.3) is 0 Å². The maximum atomic E-state index is 11.5. The number of hydrogen-bond donors (Lipinski definition) is 1. The van der Waals surface area contributed by atoms with E-state index >= 15 is 0 Å². The lowest BCUT2D eigenvalue weighted by Crippen LogP contribution is -2.43. The van der Waals surface area contributed by atoms with Gasteiger partial charge < -0.3 is 10.2 Å². The Bertz CT molecular complexity index is 195. The van der Waals surface area contributed by atoms with Gasteiger partial charge in [0, 0.05) is 19.6 Å². The molecule has 1 N–H and O–H groups in total. The average molecular weight is 182 g/mol. The van der Waals surface area contributed by atoms with Crippen LogP contribution in [0.5, 0.6) is 0 Å². The number of nitrogens with one attached hydrogen (secondary N) is 1. The minimum atomic E-state index is 0.0581. The van der Waals surface area contributed by atoms with Gasteiger partial charge in [-0.05, 0) is 26.2 Å². The molecule has 74 valence electrons. The first-order valence-corrected chi connectivity index (χ1v) is 4.87. The molecule has 0 spiro atoms. The lowest BCUT2D eigenvalue weighted by Gasteiger charge is -2.26. The third-order valence-corrected chi connectivity index (χ3v) is 2.18. The molecule has 2 amide bonds. The molecule has 0 aliphatic carbocycles. The number of urea groups is 1. The van der Waals surface area contributed by atoms with E-state index in [2.05, 4.69) is 11.9 Å². The van der Waals surface area contributed by atoms with E-state index in [4.69, 9.17) is 0 Å². The molecule has 0 atom stereocenters. The van der Waals surface area contributed by atoms with Crippen molar-refractivity contribution in [2.24, 2.45) is 0 Å². The molecule has 0 aromatic rings. The first kappa shape index (κ1) is 10.1. The smallest absolute Gasteiger partial charge is 0.317 e. The Morgan fingerprint density at radius 1 is 1.38 bits per heavy atom. The van der Waals surface area contributed by atoms with Gasteiger partial charge in [0.15, 0.2) is 0 Å². The fourth-order valence-corrected chi connectivity index (χ4v) is 1.44. The summed E-state index contributed by atoms with van der Waals surface area (Å²) in [6.07, 6.45) is 3.53. The van der Waals surface area contributed by atoms with E-state index in [9.17, 15) is 4.79 Å². The van der Waals surface area contributed by atoms with E-state index in [1.54, 1.807) is 0 Å². The molecule has 3 nitrogen and oxygen atoms in total. The molecule has 0 radical (unpaired) electrons. The van der Waals surface area contributed by atoms with Crippen LogP contribution in [0.1, 0.15) is 26.2 Å². The molecule has 1 rings (SSSR count). The highest BCUT2D eigenvalue weighted by atomic mass is 16.2. The molecule has 0 aromatic heterocycles. The molecule has 1 aliphatic heterocycles. The van der Waals surface area contributed by atoms with Crippen LogP contribution in [0.15, 0.2) is 12.2 Å². The van der Waals surface area contributed by atoms with Crippen LogP contribution in [0.4, 0.5) is 4.79 Å². The Labute approximate surface area is 79.8 Å². The molecule has 1 saturated heterocycles. The lowest BCUT2D eigenvalue weighted by atomic mass is 10.1. The fraction of sp³-hybridized carbons (Fsp3) is 0.700. The van der Waals surface area contributed by atoms with E-state index in [0.29, 0.717) is 6.54 Å². The third-order valence-electron chi connectivity index (χ3n) is 2.18. The van der Waals surface area contributed by atoms with Gasteiger partial charge in [-0.1, -0.05) is 12.2 Å². The summed E-state index contributed by atoms with van der Waals surface area (Å²) in [6, 6.07) is 0.0581. The number of carbonyl (C=O) groups excluding carboxylic acids is 1. The molecule has 1 fully saturated rings. The van der Waals surface area contributed by atoms with Crippen LogP contribution >= 0.6 is 0 Å². The van der Waals surface area contributed by atoms with Gasteiger partial charge in [0.2, 0.25) is 0 Å². The van der Waals surface area contributed by atoms with Crippen molar-refractivity contribution in [3.05, 3.63) is 12.2 Å². The number of rotatable bonds is 2. The van der Waals surface area contributed by atoms with Gasteiger partial charge in [0.1, 0.15) is 0 Å². The summed E-state index contributed by atoms with van der Waals surface area (Å²) in [5, 5.41) is 2.84. The van der Waals surface area contributed by atoms with Crippen LogP contribution in [-0.4, -0.2) is 30.6 Å². The van der Waals surface area contributed by atoms with E-state index < -0.39 is 0 Å². The van der Waals surface area contributed by atoms with Crippen molar-refractivity contribution in [3.63, 3.8) is 0 Å². The number of hydrogen-bond acceptors (Lipinski definition) is 1. The van der Waals surface area contributed by atoms with Crippen molar-refractivity contribution in [2.75, 3.05) is 19.6 Å². The zero-order chi connectivity index (χ0) is 9.68. The van der Waals surface area contributed by atoms with Crippen LogP contribution in [-0.2, 0) is 0 Å². The highest BCUT2D eigenvalue weighted by Gasteiger charge is 2.15. The SMILES string of the molecule is C=C(C)CNC(=O)N1CCCCC1. The van der Waals surface area contributed by atoms with Gasteiger partial charge in [-0.3, -0.25) is 0 Å². The van der Waals surface area contributed by atoms with Gasteiger partial charge in [-0.25, -0.2) is 4.79 Å². The van der Waals surface area contributed by atoms with Gasteiger partial charge in [-0.15, -0.1) is 0 Å². The van der Waals surface area contributed by atoms with Crippen molar-refractivity contribution in [3.8, 4) is 0 Å². The van der Waals surface area contributed by atoms with E-state index in [-0.39, 0.29) is 6.03 Å². The molecule has 0 bridgehead atoms. The first-order valence-electron chi connectivity index (χ1n) is 4.87. The Kier molecular flexibility index (Phi) is 3.80. The minimum absolute atomic E-state index is 0.0581. The third kappa shape index (κ3) is 3.49. The molecule has 1 aliphatic rings. The standard InChI is InChI=1S/C10H18N2O/c1-9(2)8-11-10(13)12-6-4-3-5-7-12/h1,3-8H2,2H3,(H,11,13). The van der Waals surface area contributed by atoms with Crippen LogP contribution in [0.3, 0.4) is 0 Å². The van der Waals surface area contributed by atoms with Crippen molar-refractivity contribution in [2.45, 2.75) is 26.2 Å². The number of nitrogens with zero attached hydrogens (tertiary/aromatic N) is 1. The second-order valence-electron chi connectivity index (χ2n) is 3.66. The Morgan fingerprint density at radius 2 is 2.00 bits per heavy atom. The van der Waals surface area contributed by atoms with Crippen LogP contribution < -0.4 is 5.32 Å². The minimum Gasteiger partial charge on any atom is -0.334 e. The highest BCUT2D eigenvalue weighted by Crippen LogP contribution is 2.08. The normalized spacial score (nSPS) is 16.8. The largest absolute Gasteiger partial charge is 0.334 e.